The second kappa shape index (κ2) is 7.98. The fourth-order valence-corrected chi connectivity index (χ4v) is 3.47. The maximum atomic E-state index is 12.6. The minimum absolute atomic E-state index is 0.0441. The number of hydrogen-bond donors (Lipinski definition) is 1. The Morgan fingerprint density at radius 2 is 2.17 bits per heavy atom. The molecular formula is C21H22N4O4. The van der Waals surface area contributed by atoms with Crippen LogP contribution in [0.2, 0.25) is 0 Å². The van der Waals surface area contributed by atoms with Crippen molar-refractivity contribution in [3.8, 4) is 6.01 Å². The molecule has 0 atom stereocenters. The molecule has 1 aliphatic rings. The first kappa shape index (κ1) is 19.0. The van der Waals surface area contributed by atoms with Crippen LogP contribution in [0, 0.1) is 5.92 Å². The lowest BCUT2D eigenvalue weighted by atomic mass is 9.95. The normalized spacial score (nSPS) is 15.1. The molecule has 0 saturated heterocycles. The lowest BCUT2D eigenvalue weighted by Crippen LogP contribution is -2.17. The van der Waals surface area contributed by atoms with Crippen molar-refractivity contribution in [2.75, 3.05) is 0 Å². The number of nitrogens with one attached hydrogen (secondary N) is 1. The summed E-state index contributed by atoms with van der Waals surface area (Å²) in [6, 6.07) is 5.14. The number of H-pyrrole nitrogens is 1. The maximum absolute atomic E-state index is 12.6. The van der Waals surface area contributed by atoms with Gasteiger partial charge in [0.2, 0.25) is 5.71 Å². The molecule has 0 aromatic carbocycles. The van der Waals surface area contributed by atoms with E-state index in [1.807, 2.05) is 12.1 Å². The summed E-state index contributed by atoms with van der Waals surface area (Å²) in [6.07, 6.45) is 5.75. The smallest absolute Gasteiger partial charge is 0.337 e. The highest BCUT2D eigenvalue weighted by molar-refractivity contribution is 6.00. The molecule has 150 valence electrons. The minimum atomic E-state index is -0.544. The van der Waals surface area contributed by atoms with Gasteiger partial charge in [0, 0.05) is 12.3 Å². The number of aromatic amines is 1. The number of aromatic nitrogens is 3. The third-order valence-electron chi connectivity index (χ3n) is 4.93. The molecule has 0 bridgehead atoms. The quantitative estimate of drug-likeness (QED) is 0.666. The average molecular weight is 394 g/mol. The van der Waals surface area contributed by atoms with E-state index >= 15 is 0 Å². The summed E-state index contributed by atoms with van der Waals surface area (Å²) in [5.74, 6) is 0.440. The van der Waals surface area contributed by atoms with Gasteiger partial charge >= 0.3 is 11.6 Å². The third kappa shape index (κ3) is 4.11. The highest BCUT2D eigenvalue weighted by Gasteiger charge is 2.18. The monoisotopic (exact) mass is 394 g/mol. The van der Waals surface area contributed by atoms with E-state index in [-0.39, 0.29) is 17.1 Å². The third-order valence-corrected chi connectivity index (χ3v) is 4.93. The predicted molar refractivity (Wildman–Crippen MR) is 108 cm³/mol. The number of pyridine rings is 1. The maximum Gasteiger partial charge on any atom is 0.337 e. The minimum Gasteiger partial charge on any atom is -0.403 e. The molecule has 4 rings (SSSR count). The molecule has 0 aliphatic heterocycles. The van der Waals surface area contributed by atoms with Crippen LogP contribution < -0.4 is 16.0 Å². The van der Waals surface area contributed by atoms with Gasteiger partial charge in [-0.3, -0.25) is 14.8 Å². The van der Waals surface area contributed by atoms with Crippen molar-refractivity contribution < 1.29 is 9.25 Å². The molecule has 29 heavy (non-hydrogen) atoms. The fourth-order valence-electron chi connectivity index (χ4n) is 3.47. The van der Waals surface area contributed by atoms with Gasteiger partial charge < -0.3 is 9.25 Å². The second-order valence-electron chi connectivity index (χ2n) is 7.57. The summed E-state index contributed by atoms with van der Waals surface area (Å²) in [5, 5.41) is 4.42. The van der Waals surface area contributed by atoms with Crippen molar-refractivity contribution in [1.82, 2.24) is 15.0 Å². The van der Waals surface area contributed by atoms with Crippen molar-refractivity contribution in [2.24, 2.45) is 11.1 Å². The lowest BCUT2D eigenvalue weighted by molar-refractivity contribution is 0.309. The topological polar surface area (TPSA) is 110 Å². The molecule has 3 heterocycles. The van der Waals surface area contributed by atoms with Crippen LogP contribution in [0.4, 0.5) is 0 Å². The summed E-state index contributed by atoms with van der Waals surface area (Å²) in [5.41, 5.74) is 2.22. The Balaban J connectivity index is 1.68. The molecule has 0 fully saturated rings. The van der Waals surface area contributed by atoms with Crippen molar-refractivity contribution in [3.63, 3.8) is 0 Å². The van der Waals surface area contributed by atoms with Crippen molar-refractivity contribution in [1.29, 1.82) is 0 Å². The molecule has 0 radical (unpaired) electrons. The van der Waals surface area contributed by atoms with Gasteiger partial charge in [0.15, 0.2) is 0 Å². The van der Waals surface area contributed by atoms with E-state index in [4.69, 9.17) is 9.25 Å². The van der Waals surface area contributed by atoms with Gasteiger partial charge in [-0.15, -0.1) is 0 Å². The van der Waals surface area contributed by atoms with Crippen LogP contribution >= 0.6 is 0 Å². The molecule has 0 amide bonds. The molecule has 8 nitrogen and oxygen atoms in total. The van der Waals surface area contributed by atoms with E-state index < -0.39 is 11.2 Å². The van der Waals surface area contributed by atoms with Gasteiger partial charge in [0.05, 0.1) is 5.69 Å². The Hall–Kier alpha value is -3.29. The zero-order valence-corrected chi connectivity index (χ0v) is 16.4. The molecule has 1 N–H and O–H groups in total. The zero-order chi connectivity index (χ0) is 20.4. The molecule has 8 heteroatoms. The molecule has 0 saturated carbocycles. The first-order valence-corrected chi connectivity index (χ1v) is 9.76. The Morgan fingerprint density at radius 1 is 1.31 bits per heavy atom. The number of hydrogen-bond acceptors (Lipinski definition) is 7. The Bertz CT molecular complexity index is 1190. The van der Waals surface area contributed by atoms with Crippen LogP contribution in [0.5, 0.6) is 6.01 Å². The van der Waals surface area contributed by atoms with Crippen LogP contribution in [-0.4, -0.2) is 20.7 Å². The first-order valence-electron chi connectivity index (χ1n) is 9.76. The van der Waals surface area contributed by atoms with Gasteiger partial charge in [-0.05, 0) is 55.2 Å². The van der Waals surface area contributed by atoms with Crippen LogP contribution in [0.1, 0.15) is 49.9 Å². The molecule has 0 unspecified atom stereocenters. The first-order chi connectivity index (χ1) is 14.0. The second-order valence-corrected chi connectivity index (χ2v) is 7.57. The largest absolute Gasteiger partial charge is 0.403 e. The van der Waals surface area contributed by atoms with E-state index in [1.165, 1.54) is 6.07 Å². The predicted octanol–water partition coefficient (Wildman–Crippen LogP) is 2.98. The van der Waals surface area contributed by atoms with E-state index in [2.05, 4.69) is 34.0 Å². The summed E-state index contributed by atoms with van der Waals surface area (Å²) in [4.78, 5) is 41.0. The number of oxime groups is 1. The van der Waals surface area contributed by atoms with Crippen molar-refractivity contribution >= 4 is 16.8 Å². The van der Waals surface area contributed by atoms with E-state index in [9.17, 15) is 9.59 Å². The summed E-state index contributed by atoms with van der Waals surface area (Å²) >= 11 is 0. The van der Waals surface area contributed by atoms with Gasteiger partial charge in [-0.1, -0.05) is 25.1 Å². The molecule has 0 spiro atoms. The Kier molecular flexibility index (Phi) is 5.24. The zero-order valence-electron chi connectivity index (χ0n) is 16.4. The Morgan fingerprint density at radius 3 is 3.00 bits per heavy atom. The number of rotatable bonds is 5. The van der Waals surface area contributed by atoms with Gasteiger partial charge in [-0.2, -0.15) is 4.98 Å². The lowest BCUT2D eigenvalue weighted by Gasteiger charge is -2.15. The highest BCUT2D eigenvalue weighted by Crippen LogP contribution is 2.20. The Labute approximate surface area is 166 Å². The number of fused-ring (bicyclic) bond motifs is 2. The summed E-state index contributed by atoms with van der Waals surface area (Å²) in [7, 11) is 0. The van der Waals surface area contributed by atoms with Crippen LogP contribution in [0.25, 0.3) is 11.1 Å². The molecule has 3 aromatic rings. The number of aryl methyl sites for hydroxylation is 2. The van der Waals surface area contributed by atoms with Gasteiger partial charge in [0.1, 0.15) is 11.1 Å². The van der Waals surface area contributed by atoms with Gasteiger partial charge in [-0.25, -0.2) is 4.79 Å². The molecule has 1 aliphatic carbocycles. The molecule has 3 aromatic heterocycles. The standard InChI is InChI=1S/C21H22N4O4/c1-12(2)8-9-14-11-16(26)28-20-17(14)19(27)23-21(24-20)29-25-15-7-3-5-13-6-4-10-22-18(13)15/h4,6,10-12H,3,5,7-9H2,1-2H3,(H,23,24,27). The number of nitrogens with zero attached hydrogens (tertiary/aromatic N) is 3. The fraction of sp³-hybridized carbons (Fsp3) is 0.381. The van der Waals surface area contributed by atoms with Crippen LogP contribution in [-0.2, 0) is 12.8 Å². The summed E-state index contributed by atoms with van der Waals surface area (Å²) in [6.45, 7) is 4.17. The summed E-state index contributed by atoms with van der Waals surface area (Å²) < 4.78 is 5.15. The van der Waals surface area contributed by atoms with Gasteiger partial charge in [0.25, 0.3) is 5.56 Å². The van der Waals surface area contributed by atoms with Crippen molar-refractivity contribution in [2.45, 2.75) is 46.0 Å². The van der Waals surface area contributed by atoms with Crippen LogP contribution in [0.15, 0.2) is 43.6 Å². The average Bonchev–Trinajstić information content (AvgIpc) is 2.70. The highest BCUT2D eigenvalue weighted by atomic mass is 16.6. The SMILES string of the molecule is CC(C)CCc1cc(=O)oc2nc(ON=C3CCCc4cccnc43)[nH]c(=O)c12. The van der Waals surface area contributed by atoms with Crippen LogP contribution in [0.3, 0.4) is 0 Å². The van der Waals surface area contributed by atoms with E-state index in [1.54, 1.807) is 6.20 Å². The van der Waals surface area contributed by atoms with E-state index in [0.717, 1.165) is 36.9 Å². The van der Waals surface area contributed by atoms with Crippen molar-refractivity contribution in [3.05, 3.63) is 62.0 Å². The van der Waals surface area contributed by atoms with E-state index in [0.29, 0.717) is 23.6 Å². The molecular weight excluding hydrogens is 372 g/mol.